The van der Waals surface area contributed by atoms with Crippen molar-refractivity contribution in [3.05, 3.63) is 29.8 Å². The van der Waals surface area contributed by atoms with Crippen molar-refractivity contribution >= 4 is 5.69 Å². The third kappa shape index (κ3) is 6.28. The van der Waals surface area contributed by atoms with Crippen LogP contribution in [0.25, 0.3) is 0 Å². The second-order valence-electron chi connectivity index (χ2n) is 6.02. The maximum atomic E-state index is 12.3. The molecule has 0 unspecified atom stereocenters. The summed E-state index contributed by atoms with van der Waals surface area (Å²) < 4.78 is 36.9. The molecule has 0 amide bonds. The van der Waals surface area contributed by atoms with Crippen molar-refractivity contribution in [1.29, 1.82) is 0 Å². The second-order valence-corrected chi connectivity index (χ2v) is 6.02. The molecule has 1 N–H and O–H groups in total. The van der Waals surface area contributed by atoms with Crippen LogP contribution in [0.1, 0.15) is 32.8 Å². The summed E-state index contributed by atoms with van der Waals surface area (Å²) in [7, 11) is 1.70. The minimum atomic E-state index is -4.12. The van der Waals surface area contributed by atoms with Gasteiger partial charge in [-0.1, -0.05) is 18.2 Å². The van der Waals surface area contributed by atoms with Crippen molar-refractivity contribution in [3.8, 4) is 0 Å². The van der Waals surface area contributed by atoms with Gasteiger partial charge in [-0.3, -0.25) is 0 Å². The van der Waals surface area contributed by atoms with Crippen LogP contribution >= 0.6 is 0 Å². The van der Waals surface area contributed by atoms with Gasteiger partial charge in [-0.25, -0.2) is 0 Å². The highest BCUT2D eigenvalue weighted by Gasteiger charge is 2.27. The van der Waals surface area contributed by atoms with E-state index in [0.29, 0.717) is 6.54 Å². The molecule has 0 saturated carbocycles. The molecule has 0 saturated heterocycles. The number of para-hydroxylation sites is 1. The maximum Gasteiger partial charge on any atom is 0.390 e. The van der Waals surface area contributed by atoms with Crippen LogP contribution < -0.4 is 10.2 Å². The van der Waals surface area contributed by atoms with Gasteiger partial charge < -0.3 is 10.2 Å². The molecule has 20 heavy (non-hydrogen) atoms. The summed E-state index contributed by atoms with van der Waals surface area (Å²) in [4.78, 5) is 1.66. The van der Waals surface area contributed by atoms with Gasteiger partial charge in [0.05, 0.1) is 6.42 Å². The number of alkyl halides is 3. The average molecular weight is 288 g/mol. The molecule has 1 aromatic carbocycles. The van der Waals surface area contributed by atoms with Crippen LogP contribution in [0, 0.1) is 0 Å². The molecular weight excluding hydrogens is 265 g/mol. The second kappa shape index (κ2) is 6.48. The van der Waals surface area contributed by atoms with E-state index < -0.39 is 12.6 Å². The van der Waals surface area contributed by atoms with Crippen molar-refractivity contribution < 1.29 is 13.2 Å². The highest BCUT2D eigenvalue weighted by Crippen LogP contribution is 2.24. The molecule has 0 aliphatic carbocycles. The number of hydrogen-bond donors (Lipinski definition) is 1. The zero-order valence-corrected chi connectivity index (χ0v) is 12.5. The highest BCUT2D eigenvalue weighted by molar-refractivity contribution is 5.53. The van der Waals surface area contributed by atoms with Gasteiger partial charge >= 0.3 is 6.18 Å². The number of hydrogen-bond acceptors (Lipinski definition) is 2. The van der Waals surface area contributed by atoms with E-state index in [1.807, 2.05) is 24.3 Å². The van der Waals surface area contributed by atoms with Gasteiger partial charge in [-0.15, -0.1) is 0 Å². The molecule has 0 atom stereocenters. The lowest BCUT2D eigenvalue weighted by molar-refractivity contribution is -0.132. The summed E-state index contributed by atoms with van der Waals surface area (Å²) in [5.74, 6) is 0. The summed E-state index contributed by atoms with van der Waals surface area (Å²) in [6, 6.07) is 7.55. The van der Waals surface area contributed by atoms with Gasteiger partial charge in [0, 0.05) is 31.4 Å². The van der Waals surface area contributed by atoms with Gasteiger partial charge in [0.1, 0.15) is 0 Å². The molecule has 5 heteroatoms. The molecule has 0 radical (unpaired) electrons. The Bertz CT molecular complexity index is 422. The molecule has 1 aromatic rings. The Balaban J connectivity index is 2.74. The Kier molecular flexibility index (Phi) is 5.45. The van der Waals surface area contributed by atoms with E-state index in [-0.39, 0.29) is 12.1 Å². The van der Waals surface area contributed by atoms with Crippen LogP contribution in [-0.4, -0.2) is 25.3 Å². The van der Waals surface area contributed by atoms with Crippen LogP contribution in [0.4, 0.5) is 18.9 Å². The number of nitrogens with zero attached hydrogens (tertiary/aromatic N) is 1. The smallest absolute Gasteiger partial charge is 0.374 e. The van der Waals surface area contributed by atoms with Crippen molar-refractivity contribution in [3.63, 3.8) is 0 Å². The predicted octanol–water partition coefficient (Wildman–Crippen LogP) is 3.96. The SMILES string of the molecule is CN(CCC(F)(F)F)c1ccccc1CNC(C)(C)C. The van der Waals surface area contributed by atoms with Crippen molar-refractivity contribution in [2.45, 2.75) is 45.5 Å². The van der Waals surface area contributed by atoms with E-state index in [2.05, 4.69) is 26.1 Å². The molecule has 1 rings (SSSR count). The fourth-order valence-electron chi connectivity index (χ4n) is 1.81. The van der Waals surface area contributed by atoms with Crippen LogP contribution in [0.5, 0.6) is 0 Å². The minimum Gasteiger partial charge on any atom is -0.374 e. The molecule has 114 valence electrons. The van der Waals surface area contributed by atoms with Gasteiger partial charge in [0.2, 0.25) is 0 Å². The van der Waals surface area contributed by atoms with Crippen molar-refractivity contribution in [2.75, 3.05) is 18.5 Å². The Morgan fingerprint density at radius 3 is 2.25 bits per heavy atom. The molecule has 0 spiro atoms. The molecule has 2 nitrogen and oxygen atoms in total. The fraction of sp³-hybridized carbons (Fsp3) is 0.600. The van der Waals surface area contributed by atoms with Gasteiger partial charge in [-0.2, -0.15) is 13.2 Å². The zero-order chi connectivity index (χ0) is 15.4. The van der Waals surface area contributed by atoms with Crippen LogP contribution in [0.15, 0.2) is 24.3 Å². The molecule has 0 aromatic heterocycles. The predicted molar refractivity (Wildman–Crippen MR) is 77.0 cm³/mol. The Morgan fingerprint density at radius 1 is 1.10 bits per heavy atom. The number of anilines is 1. The average Bonchev–Trinajstić information content (AvgIpc) is 2.32. The standard InChI is InChI=1S/C15H23F3N2/c1-14(2,3)19-11-12-7-5-6-8-13(12)20(4)10-9-15(16,17)18/h5-8,19H,9-11H2,1-4H3. The first kappa shape index (κ1) is 16.8. The van der Waals surface area contributed by atoms with E-state index in [1.165, 1.54) is 0 Å². The third-order valence-corrected chi connectivity index (χ3v) is 2.94. The number of halogens is 3. The Hall–Kier alpha value is -1.23. The first-order valence-electron chi connectivity index (χ1n) is 6.69. The third-order valence-electron chi connectivity index (χ3n) is 2.94. The zero-order valence-electron chi connectivity index (χ0n) is 12.5. The summed E-state index contributed by atoms with van der Waals surface area (Å²) in [6.45, 7) is 6.78. The van der Waals surface area contributed by atoms with Gasteiger partial charge in [0.25, 0.3) is 0 Å². The van der Waals surface area contributed by atoms with E-state index in [9.17, 15) is 13.2 Å². The number of benzene rings is 1. The van der Waals surface area contributed by atoms with Crippen molar-refractivity contribution in [2.24, 2.45) is 0 Å². The van der Waals surface area contributed by atoms with E-state index in [4.69, 9.17) is 0 Å². The summed E-state index contributed by atoms with van der Waals surface area (Å²) in [5, 5.41) is 3.36. The van der Waals surface area contributed by atoms with E-state index in [1.54, 1.807) is 11.9 Å². The normalized spacial score (nSPS) is 12.6. The monoisotopic (exact) mass is 288 g/mol. The van der Waals surface area contributed by atoms with E-state index in [0.717, 1.165) is 11.3 Å². The van der Waals surface area contributed by atoms with E-state index >= 15 is 0 Å². The maximum absolute atomic E-state index is 12.3. The van der Waals surface area contributed by atoms with Crippen molar-refractivity contribution in [1.82, 2.24) is 5.32 Å². The summed E-state index contributed by atoms with van der Waals surface area (Å²) in [5.41, 5.74) is 1.82. The van der Waals surface area contributed by atoms with Gasteiger partial charge in [0.15, 0.2) is 0 Å². The fourth-order valence-corrected chi connectivity index (χ4v) is 1.81. The first-order chi connectivity index (χ1) is 9.08. The summed E-state index contributed by atoms with van der Waals surface area (Å²) >= 11 is 0. The summed E-state index contributed by atoms with van der Waals surface area (Å²) in [6.07, 6.45) is -4.92. The van der Waals surface area contributed by atoms with Crippen LogP contribution in [0.2, 0.25) is 0 Å². The molecule has 0 aliphatic rings. The number of rotatable bonds is 5. The first-order valence-corrected chi connectivity index (χ1v) is 6.69. The van der Waals surface area contributed by atoms with Gasteiger partial charge in [-0.05, 0) is 32.4 Å². The molecule has 0 heterocycles. The lowest BCUT2D eigenvalue weighted by Crippen LogP contribution is -2.35. The molecule has 0 aliphatic heterocycles. The Morgan fingerprint density at radius 2 is 1.70 bits per heavy atom. The molecule has 0 bridgehead atoms. The topological polar surface area (TPSA) is 15.3 Å². The lowest BCUT2D eigenvalue weighted by Gasteiger charge is -2.26. The Labute approximate surface area is 119 Å². The quantitative estimate of drug-likeness (QED) is 0.882. The highest BCUT2D eigenvalue weighted by atomic mass is 19.4. The minimum absolute atomic E-state index is 0.0301. The largest absolute Gasteiger partial charge is 0.390 e. The van der Waals surface area contributed by atoms with Crippen LogP contribution in [-0.2, 0) is 6.54 Å². The lowest BCUT2D eigenvalue weighted by atomic mass is 10.1. The molecular formula is C15H23F3N2. The number of nitrogens with one attached hydrogen (secondary N) is 1. The van der Waals surface area contributed by atoms with Crippen LogP contribution in [0.3, 0.4) is 0 Å². The molecule has 0 fully saturated rings.